The van der Waals surface area contributed by atoms with Crippen molar-refractivity contribution in [2.45, 2.75) is 25.4 Å². The summed E-state index contributed by atoms with van der Waals surface area (Å²) < 4.78 is 11.2. The van der Waals surface area contributed by atoms with Gasteiger partial charge >= 0.3 is 0 Å². The van der Waals surface area contributed by atoms with E-state index in [9.17, 15) is 4.79 Å². The Kier molecular flexibility index (Phi) is 5.52. The quantitative estimate of drug-likeness (QED) is 0.581. The minimum atomic E-state index is -0.0611. The molecule has 4 rings (SSSR count). The molecule has 0 radical (unpaired) electrons. The lowest BCUT2D eigenvalue weighted by molar-refractivity contribution is -0.129. The molecule has 0 spiro atoms. The van der Waals surface area contributed by atoms with Gasteiger partial charge in [-0.3, -0.25) is 4.79 Å². The first kappa shape index (κ1) is 19.1. The van der Waals surface area contributed by atoms with Gasteiger partial charge in [0.2, 0.25) is 5.91 Å². The third-order valence-electron chi connectivity index (χ3n) is 5.51. The Bertz CT molecular complexity index is 978. The lowest BCUT2D eigenvalue weighted by atomic mass is 10.0. The van der Waals surface area contributed by atoms with Crippen molar-refractivity contribution in [3.63, 3.8) is 0 Å². The predicted molar refractivity (Wildman–Crippen MR) is 114 cm³/mol. The molecule has 3 aromatic rings. The van der Waals surface area contributed by atoms with Crippen LogP contribution < -0.4 is 9.47 Å². The average molecular weight is 387 g/mol. The minimum Gasteiger partial charge on any atom is -0.496 e. The van der Waals surface area contributed by atoms with Crippen molar-refractivity contribution in [2.75, 3.05) is 14.2 Å². The fourth-order valence-electron chi connectivity index (χ4n) is 4.12. The third kappa shape index (κ3) is 3.83. The standard InChI is InChI=1S/C25H25NO3/c1-28-22-12-7-13-23(29-2)25(22)21-14-15-24(27)26(21)17-18-8-6-11-20(16-18)19-9-4-3-5-10-19/h3-13,16,21H,14-15,17H2,1-2H3. The van der Waals surface area contributed by atoms with Crippen LogP contribution in [0.25, 0.3) is 11.1 Å². The van der Waals surface area contributed by atoms with E-state index in [0.29, 0.717) is 13.0 Å². The number of benzene rings is 3. The number of amides is 1. The fraction of sp³-hybridized carbons (Fsp3) is 0.240. The summed E-state index contributed by atoms with van der Waals surface area (Å²) in [5.74, 6) is 1.67. The molecule has 148 valence electrons. The summed E-state index contributed by atoms with van der Waals surface area (Å²) in [6, 6.07) is 24.4. The SMILES string of the molecule is COc1cccc(OC)c1C1CCC(=O)N1Cc1cccc(-c2ccccc2)c1. The highest BCUT2D eigenvalue weighted by atomic mass is 16.5. The smallest absolute Gasteiger partial charge is 0.223 e. The lowest BCUT2D eigenvalue weighted by Crippen LogP contribution is -2.27. The molecule has 29 heavy (non-hydrogen) atoms. The van der Waals surface area contributed by atoms with Crippen molar-refractivity contribution >= 4 is 5.91 Å². The van der Waals surface area contributed by atoms with Crippen LogP contribution in [-0.4, -0.2) is 25.0 Å². The maximum Gasteiger partial charge on any atom is 0.223 e. The summed E-state index contributed by atoms with van der Waals surface area (Å²) in [4.78, 5) is 14.7. The van der Waals surface area contributed by atoms with Gasteiger partial charge in [0.25, 0.3) is 0 Å². The Balaban J connectivity index is 1.66. The van der Waals surface area contributed by atoms with Gasteiger partial charge < -0.3 is 14.4 Å². The molecule has 1 unspecified atom stereocenters. The number of hydrogen-bond acceptors (Lipinski definition) is 3. The van der Waals surface area contributed by atoms with E-state index in [4.69, 9.17) is 9.47 Å². The molecule has 0 aliphatic carbocycles. The van der Waals surface area contributed by atoms with Gasteiger partial charge in [0.15, 0.2) is 0 Å². The number of ether oxygens (including phenoxy) is 2. The van der Waals surface area contributed by atoms with Crippen LogP contribution in [0.5, 0.6) is 11.5 Å². The zero-order valence-electron chi connectivity index (χ0n) is 16.8. The van der Waals surface area contributed by atoms with E-state index < -0.39 is 0 Å². The Morgan fingerprint density at radius 2 is 1.52 bits per heavy atom. The Morgan fingerprint density at radius 3 is 2.21 bits per heavy atom. The lowest BCUT2D eigenvalue weighted by Gasteiger charge is -2.28. The molecule has 4 heteroatoms. The molecule has 3 aromatic carbocycles. The molecule has 1 aliphatic rings. The van der Waals surface area contributed by atoms with E-state index in [1.54, 1.807) is 14.2 Å². The Morgan fingerprint density at radius 1 is 0.862 bits per heavy atom. The summed E-state index contributed by atoms with van der Waals surface area (Å²) in [6.45, 7) is 0.561. The number of likely N-dealkylation sites (tertiary alicyclic amines) is 1. The average Bonchev–Trinajstić information content (AvgIpc) is 3.13. The Hall–Kier alpha value is -3.27. The normalized spacial score (nSPS) is 16.1. The van der Waals surface area contributed by atoms with E-state index in [2.05, 4.69) is 36.4 Å². The van der Waals surface area contributed by atoms with E-state index in [1.165, 1.54) is 5.56 Å². The van der Waals surface area contributed by atoms with E-state index in [-0.39, 0.29) is 11.9 Å². The topological polar surface area (TPSA) is 38.8 Å². The number of nitrogens with zero attached hydrogens (tertiary/aromatic N) is 1. The van der Waals surface area contributed by atoms with Gasteiger partial charge in [0.1, 0.15) is 11.5 Å². The van der Waals surface area contributed by atoms with Crippen molar-refractivity contribution in [1.29, 1.82) is 0 Å². The minimum absolute atomic E-state index is 0.0611. The van der Waals surface area contributed by atoms with Gasteiger partial charge in [0.05, 0.1) is 25.8 Å². The van der Waals surface area contributed by atoms with Crippen LogP contribution in [0.1, 0.15) is 30.0 Å². The van der Waals surface area contributed by atoms with E-state index in [0.717, 1.165) is 34.6 Å². The van der Waals surface area contributed by atoms with Crippen LogP contribution in [0.3, 0.4) is 0 Å². The van der Waals surface area contributed by atoms with E-state index >= 15 is 0 Å². The number of carbonyl (C=O) groups is 1. The monoisotopic (exact) mass is 387 g/mol. The summed E-state index contributed by atoms with van der Waals surface area (Å²) in [5, 5.41) is 0. The van der Waals surface area contributed by atoms with Crippen LogP contribution in [0, 0.1) is 0 Å². The van der Waals surface area contributed by atoms with Gasteiger partial charge in [-0.2, -0.15) is 0 Å². The third-order valence-corrected chi connectivity index (χ3v) is 5.51. The first-order chi connectivity index (χ1) is 14.2. The van der Waals surface area contributed by atoms with Crippen LogP contribution in [0.4, 0.5) is 0 Å². The molecule has 1 atom stereocenters. The zero-order valence-corrected chi connectivity index (χ0v) is 16.8. The highest BCUT2D eigenvalue weighted by molar-refractivity contribution is 5.79. The molecule has 1 fully saturated rings. The van der Waals surface area contributed by atoms with Crippen LogP contribution in [0.15, 0.2) is 72.8 Å². The van der Waals surface area contributed by atoms with Crippen molar-refractivity contribution < 1.29 is 14.3 Å². The van der Waals surface area contributed by atoms with E-state index in [1.807, 2.05) is 41.3 Å². The molecule has 0 aromatic heterocycles. The van der Waals surface area contributed by atoms with Crippen LogP contribution in [-0.2, 0) is 11.3 Å². The molecular weight excluding hydrogens is 362 g/mol. The summed E-state index contributed by atoms with van der Waals surface area (Å²) in [7, 11) is 3.31. The van der Waals surface area contributed by atoms with Crippen molar-refractivity contribution in [3.8, 4) is 22.6 Å². The molecule has 1 aliphatic heterocycles. The molecule has 0 N–H and O–H groups in total. The molecule has 4 nitrogen and oxygen atoms in total. The van der Waals surface area contributed by atoms with Crippen molar-refractivity contribution in [2.24, 2.45) is 0 Å². The first-order valence-electron chi connectivity index (χ1n) is 9.86. The van der Waals surface area contributed by atoms with Crippen molar-refractivity contribution in [3.05, 3.63) is 83.9 Å². The van der Waals surface area contributed by atoms with Gasteiger partial charge in [-0.05, 0) is 41.3 Å². The van der Waals surface area contributed by atoms with Crippen molar-refractivity contribution in [1.82, 2.24) is 4.90 Å². The Labute approximate surface area is 171 Å². The second kappa shape index (κ2) is 8.39. The molecule has 1 saturated heterocycles. The highest BCUT2D eigenvalue weighted by Gasteiger charge is 2.35. The summed E-state index contributed by atoms with van der Waals surface area (Å²) in [6.07, 6.45) is 1.29. The largest absolute Gasteiger partial charge is 0.496 e. The predicted octanol–water partition coefficient (Wildman–Crippen LogP) is 5.23. The van der Waals surface area contributed by atoms with Gasteiger partial charge in [-0.25, -0.2) is 0 Å². The van der Waals surface area contributed by atoms with Gasteiger partial charge in [-0.1, -0.05) is 54.6 Å². The molecule has 0 bridgehead atoms. The first-order valence-corrected chi connectivity index (χ1v) is 9.86. The number of hydrogen-bond donors (Lipinski definition) is 0. The van der Waals surface area contributed by atoms with Gasteiger partial charge in [0, 0.05) is 13.0 Å². The maximum absolute atomic E-state index is 12.8. The summed E-state index contributed by atoms with van der Waals surface area (Å²) in [5.41, 5.74) is 4.38. The molecule has 0 saturated carbocycles. The van der Waals surface area contributed by atoms with Crippen LogP contribution in [0.2, 0.25) is 0 Å². The number of methoxy groups -OCH3 is 2. The fourth-order valence-corrected chi connectivity index (χ4v) is 4.12. The highest BCUT2D eigenvalue weighted by Crippen LogP contribution is 2.43. The number of rotatable bonds is 6. The van der Waals surface area contributed by atoms with Crippen LogP contribution >= 0.6 is 0 Å². The molecule has 1 heterocycles. The number of carbonyl (C=O) groups excluding carboxylic acids is 1. The maximum atomic E-state index is 12.8. The zero-order chi connectivity index (χ0) is 20.2. The van der Waals surface area contributed by atoms with Gasteiger partial charge in [-0.15, -0.1) is 0 Å². The molecular formula is C25H25NO3. The summed E-state index contributed by atoms with van der Waals surface area (Å²) >= 11 is 0. The molecule has 1 amide bonds. The second-order valence-electron chi connectivity index (χ2n) is 7.22. The second-order valence-corrected chi connectivity index (χ2v) is 7.22.